The van der Waals surface area contributed by atoms with Crippen LogP contribution in [-0.4, -0.2) is 21.2 Å². The first-order chi connectivity index (χ1) is 8.98. The molecule has 3 nitrogen and oxygen atoms in total. The minimum absolute atomic E-state index is 0.330. The van der Waals surface area contributed by atoms with Crippen molar-refractivity contribution in [2.75, 3.05) is 12.8 Å². The van der Waals surface area contributed by atoms with Crippen LogP contribution in [-0.2, 0) is 16.4 Å². The second kappa shape index (κ2) is 6.25. The molecular weight excluding hydrogens is 282 g/mol. The smallest absolute Gasteiger partial charge is 0.175 e. The van der Waals surface area contributed by atoms with Gasteiger partial charge in [0.15, 0.2) is 9.84 Å². The molecule has 0 heterocycles. The fourth-order valence-electron chi connectivity index (χ4n) is 2.36. The van der Waals surface area contributed by atoms with E-state index >= 15 is 0 Å². The molecule has 1 aliphatic carbocycles. The molecule has 0 spiro atoms. The molecule has 0 aromatic heterocycles. The van der Waals surface area contributed by atoms with E-state index in [-0.39, 0.29) is 0 Å². The molecule has 0 bridgehead atoms. The first-order valence-electron chi connectivity index (χ1n) is 6.66. The predicted octanol–water partition coefficient (Wildman–Crippen LogP) is 3.02. The van der Waals surface area contributed by atoms with E-state index in [0.29, 0.717) is 22.0 Å². The van der Waals surface area contributed by atoms with E-state index < -0.39 is 9.84 Å². The van der Waals surface area contributed by atoms with Crippen LogP contribution in [0, 0.1) is 5.92 Å². The molecule has 1 fully saturated rings. The molecule has 1 saturated carbocycles. The zero-order valence-electron chi connectivity index (χ0n) is 11.2. The molecule has 19 heavy (non-hydrogen) atoms. The summed E-state index contributed by atoms with van der Waals surface area (Å²) in [5, 5.41) is 3.82. The molecule has 0 atom stereocenters. The van der Waals surface area contributed by atoms with Gasteiger partial charge in [-0.15, -0.1) is 0 Å². The summed E-state index contributed by atoms with van der Waals surface area (Å²) < 4.78 is 23.4. The van der Waals surface area contributed by atoms with Crippen LogP contribution in [0.1, 0.15) is 31.2 Å². The van der Waals surface area contributed by atoms with Crippen LogP contribution in [0.4, 0.5) is 0 Å². The van der Waals surface area contributed by atoms with Crippen LogP contribution in [0.2, 0.25) is 5.02 Å². The van der Waals surface area contributed by atoms with Crippen LogP contribution >= 0.6 is 11.6 Å². The lowest BCUT2D eigenvalue weighted by atomic mass is 9.83. The van der Waals surface area contributed by atoms with E-state index in [1.807, 2.05) is 0 Å². The Morgan fingerprint density at radius 3 is 2.68 bits per heavy atom. The first kappa shape index (κ1) is 14.8. The Bertz CT molecular complexity index is 538. The molecule has 1 aliphatic rings. The third-order valence-electron chi connectivity index (χ3n) is 3.73. The van der Waals surface area contributed by atoms with E-state index in [4.69, 9.17) is 11.6 Å². The van der Waals surface area contributed by atoms with Gasteiger partial charge >= 0.3 is 0 Å². The number of halogens is 1. The maximum absolute atomic E-state index is 11.7. The minimum Gasteiger partial charge on any atom is -0.313 e. The van der Waals surface area contributed by atoms with Crippen LogP contribution in [0.3, 0.4) is 0 Å². The van der Waals surface area contributed by atoms with Gasteiger partial charge in [-0.1, -0.05) is 36.9 Å². The van der Waals surface area contributed by atoms with Crippen LogP contribution in [0.25, 0.3) is 0 Å². The number of benzene rings is 1. The molecule has 1 N–H and O–H groups in total. The standard InChI is InChI=1S/C14H20ClNO2S/c1-19(17,18)14-7-3-6-13(15)12(14)10-16-9-8-11-4-2-5-11/h3,6-7,11,16H,2,4-5,8-10H2,1H3. The summed E-state index contributed by atoms with van der Waals surface area (Å²) in [4.78, 5) is 0.330. The second-order valence-electron chi connectivity index (χ2n) is 5.25. The molecule has 0 radical (unpaired) electrons. The highest BCUT2D eigenvalue weighted by atomic mass is 35.5. The maximum atomic E-state index is 11.7. The third kappa shape index (κ3) is 3.94. The Morgan fingerprint density at radius 1 is 1.37 bits per heavy atom. The molecule has 0 amide bonds. The molecule has 0 saturated heterocycles. The molecule has 0 unspecified atom stereocenters. The van der Waals surface area contributed by atoms with E-state index in [0.717, 1.165) is 12.5 Å². The Hall–Kier alpha value is -0.580. The minimum atomic E-state index is -3.23. The summed E-state index contributed by atoms with van der Waals surface area (Å²) in [6, 6.07) is 5.03. The van der Waals surface area contributed by atoms with Gasteiger partial charge in [0.25, 0.3) is 0 Å². The molecule has 5 heteroatoms. The lowest BCUT2D eigenvalue weighted by Crippen LogP contribution is -2.22. The van der Waals surface area contributed by atoms with Gasteiger partial charge in [-0.25, -0.2) is 8.42 Å². The highest BCUT2D eigenvalue weighted by molar-refractivity contribution is 7.90. The van der Waals surface area contributed by atoms with Gasteiger partial charge in [-0.2, -0.15) is 0 Å². The number of sulfone groups is 1. The molecular formula is C14H20ClNO2S. The van der Waals surface area contributed by atoms with Gasteiger partial charge in [0, 0.05) is 23.4 Å². The second-order valence-corrected chi connectivity index (χ2v) is 7.64. The lowest BCUT2D eigenvalue weighted by Gasteiger charge is -2.25. The van der Waals surface area contributed by atoms with Gasteiger partial charge in [0.1, 0.15) is 0 Å². The van der Waals surface area contributed by atoms with Gasteiger partial charge in [0.2, 0.25) is 0 Å². The van der Waals surface area contributed by atoms with Crippen molar-refractivity contribution in [1.29, 1.82) is 0 Å². The Balaban J connectivity index is 1.98. The lowest BCUT2D eigenvalue weighted by molar-refractivity contribution is 0.292. The summed E-state index contributed by atoms with van der Waals surface area (Å²) in [5.74, 6) is 0.855. The average Bonchev–Trinajstić information content (AvgIpc) is 2.26. The topological polar surface area (TPSA) is 46.2 Å². The fraction of sp³-hybridized carbons (Fsp3) is 0.571. The van der Waals surface area contributed by atoms with Crippen LogP contribution < -0.4 is 5.32 Å². The van der Waals surface area contributed by atoms with Gasteiger partial charge in [-0.3, -0.25) is 0 Å². The highest BCUT2D eigenvalue weighted by Gasteiger charge is 2.18. The van der Waals surface area contributed by atoms with Crippen molar-refractivity contribution in [2.24, 2.45) is 5.92 Å². The quantitative estimate of drug-likeness (QED) is 0.822. The average molecular weight is 302 g/mol. The zero-order chi connectivity index (χ0) is 13.9. The van der Waals surface area contributed by atoms with Crippen molar-refractivity contribution in [3.63, 3.8) is 0 Å². The number of rotatable bonds is 6. The Kier molecular flexibility index (Phi) is 4.87. The number of nitrogens with one attached hydrogen (secondary N) is 1. The molecule has 106 valence electrons. The van der Waals surface area contributed by atoms with E-state index in [1.54, 1.807) is 18.2 Å². The summed E-state index contributed by atoms with van der Waals surface area (Å²) in [7, 11) is -3.23. The molecule has 2 rings (SSSR count). The van der Waals surface area contributed by atoms with E-state index in [1.165, 1.54) is 31.9 Å². The predicted molar refractivity (Wildman–Crippen MR) is 78.2 cm³/mol. The molecule has 1 aromatic carbocycles. The monoisotopic (exact) mass is 301 g/mol. The Morgan fingerprint density at radius 2 is 2.11 bits per heavy atom. The fourth-order valence-corrected chi connectivity index (χ4v) is 3.61. The van der Waals surface area contributed by atoms with Gasteiger partial charge in [-0.05, 0) is 31.0 Å². The highest BCUT2D eigenvalue weighted by Crippen LogP contribution is 2.29. The Labute approximate surface area is 120 Å². The maximum Gasteiger partial charge on any atom is 0.175 e. The zero-order valence-corrected chi connectivity index (χ0v) is 12.7. The largest absolute Gasteiger partial charge is 0.313 e. The van der Waals surface area contributed by atoms with Crippen molar-refractivity contribution in [3.8, 4) is 0 Å². The SMILES string of the molecule is CS(=O)(=O)c1cccc(Cl)c1CNCCC1CCC1. The van der Waals surface area contributed by atoms with Gasteiger partial charge in [0.05, 0.1) is 4.90 Å². The number of hydrogen-bond acceptors (Lipinski definition) is 3. The van der Waals surface area contributed by atoms with Crippen molar-refractivity contribution in [1.82, 2.24) is 5.32 Å². The normalized spacial score (nSPS) is 16.3. The summed E-state index contributed by atoms with van der Waals surface area (Å²) >= 11 is 6.11. The number of hydrogen-bond donors (Lipinski definition) is 1. The van der Waals surface area contributed by atoms with E-state index in [2.05, 4.69) is 5.32 Å². The third-order valence-corrected chi connectivity index (χ3v) is 5.27. The summed E-state index contributed by atoms with van der Waals surface area (Å²) in [5.41, 5.74) is 0.681. The van der Waals surface area contributed by atoms with Gasteiger partial charge < -0.3 is 5.32 Å². The summed E-state index contributed by atoms with van der Waals surface area (Å²) in [6.07, 6.45) is 6.41. The molecule has 1 aromatic rings. The van der Waals surface area contributed by atoms with Crippen molar-refractivity contribution in [2.45, 2.75) is 37.1 Å². The van der Waals surface area contributed by atoms with Crippen molar-refractivity contribution < 1.29 is 8.42 Å². The van der Waals surface area contributed by atoms with Crippen LogP contribution in [0.15, 0.2) is 23.1 Å². The van der Waals surface area contributed by atoms with E-state index in [9.17, 15) is 8.42 Å². The van der Waals surface area contributed by atoms with Crippen molar-refractivity contribution >= 4 is 21.4 Å². The summed E-state index contributed by atoms with van der Waals surface area (Å²) in [6.45, 7) is 1.42. The first-order valence-corrected chi connectivity index (χ1v) is 8.93. The van der Waals surface area contributed by atoms with Crippen molar-refractivity contribution in [3.05, 3.63) is 28.8 Å². The molecule has 0 aliphatic heterocycles. The van der Waals surface area contributed by atoms with Crippen LogP contribution in [0.5, 0.6) is 0 Å².